The van der Waals surface area contributed by atoms with E-state index >= 15 is 0 Å². The molecule has 0 unspecified atom stereocenters. The van der Waals surface area contributed by atoms with Crippen molar-refractivity contribution in [1.82, 2.24) is 0 Å². The van der Waals surface area contributed by atoms with Gasteiger partial charge < -0.3 is 11.5 Å². The summed E-state index contributed by atoms with van der Waals surface area (Å²) in [6, 6.07) is 13.5. The molecule has 0 aliphatic heterocycles. The fourth-order valence-corrected chi connectivity index (χ4v) is 2.98. The molecule has 0 radical (unpaired) electrons. The van der Waals surface area contributed by atoms with Crippen molar-refractivity contribution < 1.29 is 4.79 Å². The molecule has 21 heavy (non-hydrogen) atoms. The van der Waals surface area contributed by atoms with Crippen molar-refractivity contribution in [3.63, 3.8) is 0 Å². The van der Waals surface area contributed by atoms with Crippen LogP contribution in [0.3, 0.4) is 0 Å². The van der Waals surface area contributed by atoms with Gasteiger partial charge in [-0.15, -0.1) is 0 Å². The van der Waals surface area contributed by atoms with Crippen LogP contribution in [0.5, 0.6) is 0 Å². The molecule has 0 spiro atoms. The lowest BCUT2D eigenvalue weighted by Crippen LogP contribution is -2.12. The molecule has 110 valence electrons. The zero-order chi connectivity index (χ0) is 15.6. The average molecular weight is 300 g/mol. The molecule has 2 aromatic carbocycles. The Hall–Kier alpha value is -1.94. The molecule has 0 atom stereocenters. The van der Waals surface area contributed by atoms with Crippen LogP contribution in [0.4, 0.5) is 5.69 Å². The topological polar surface area (TPSA) is 69.1 Å². The lowest BCUT2D eigenvalue weighted by atomic mass is 9.87. The van der Waals surface area contributed by atoms with E-state index < -0.39 is 5.91 Å². The summed E-state index contributed by atoms with van der Waals surface area (Å²) in [4.78, 5) is 13.3. The average Bonchev–Trinajstić information content (AvgIpc) is 2.38. The van der Waals surface area contributed by atoms with Crippen molar-refractivity contribution in [2.45, 2.75) is 36.0 Å². The Morgan fingerprint density at radius 1 is 1.05 bits per heavy atom. The van der Waals surface area contributed by atoms with Gasteiger partial charge in [0.1, 0.15) is 0 Å². The number of carbonyl (C=O) groups is 1. The van der Waals surface area contributed by atoms with Gasteiger partial charge in [0.2, 0.25) is 5.91 Å². The zero-order valence-corrected chi connectivity index (χ0v) is 13.3. The minimum atomic E-state index is -0.441. The number of amides is 1. The first-order chi connectivity index (χ1) is 9.77. The predicted octanol–water partition coefficient (Wildman–Crippen LogP) is 3.82. The van der Waals surface area contributed by atoms with Gasteiger partial charge >= 0.3 is 0 Å². The number of rotatable bonds is 3. The molecular formula is C17H20N2OS. The van der Waals surface area contributed by atoms with Crippen LogP contribution in [0, 0.1) is 0 Å². The van der Waals surface area contributed by atoms with Crippen LogP contribution >= 0.6 is 11.8 Å². The number of hydrogen-bond acceptors (Lipinski definition) is 3. The summed E-state index contributed by atoms with van der Waals surface area (Å²) < 4.78 is 0. The van der Waals surface area contributed by atoms with E-state index in [1.807, 2.05) is 0 Å². The van der Waals surface area contributed by atoms with Gasteiger partial charge in [-0.25, -0.2) is 0 Å². The molecule has 1 amide bonds. The summed E-state index contributed by atoms with van der Waals surface area (Å²) in [6.07, 6.45) is 0. The van der Waals surface area contributed by atoms with E-state index in [4.69, 9.17) is 11.5 Å². The molecule has 4 heteroatoms. The van der Waals surface area contributed by atoms with Gasteiger partial charge in [-0.1, -0.05) is 44.7 Å². The fourth-order valence-electron chi connectivity index (χ4n) is 1.98. The maximum atomic E-state index is 11.5. The summed E-state index contributed by atoms with van der Waals surface area (Å²) in [5, 5.41) is 0. The van der Waals surface area contributed by atoms with E-state index in [-0.39, 0.29) is 5.41 Å². The largest absolute Gasteiger partial charge is 0.399 e. The molecule has 0 heterocycles. The lowest BCUT2D eigenvalue weighted by Gasteiger charge is -2.19. The Labute approximate surface area is 129 Å². The maximum Gasteiger partial charge on any atom is 0.249 e. The Kier molecular flexibility index (Phi) is 4.28. The Morgan fingerprint density at radius 3 is 2.19 bits per heavy atom. The van der Waals surface area contributed by atoms with Crippen LogP contribution < -0.4 is 11.5 Å². The molecule has 3 nitrogen and oxygen atoms in total. The Morgan fingerprint density at radius 2 is 1.67 bits per heavy atom. The summed E-state index contributed by atoms with van der Waals surface area (Å²) in [5.74, 6) is -0.441. The first-order valence-corrected chi connectivity index (χ1v) is 7.57. The van der Waals surface area contributed by atoms with Gasteiger partial charge in [0.15, 0.2) is 0 Å². The summed E-state index contributed by atoms with van der Waals surface area (Å²) in [7, 11) is 0. The molecule has 2 aromatic rings. The lowest BCUT2D eigenvalue weighted by molar-refractivity contribution is 0.0997. The van der Waals surface area contributed by atoms with E-state index in [2.05, 4.69) is 45.0 Å². The monoisotopic (exact) mass is 300 g/mol. The van der Waals surface area contributed by atoms with Gasteiger partial charge in [-0.2, -0.15) is 0 Å². The van der Waals surface area contributed by atoms with Gasteiger partial charge in [-0.05, 0) is 41.3 Å². The third kappa shape index (κ3) is 3.79. The van der Waals surface area contributed by atoms with Crippen molar-refractivity contribution >= 4 is 23.4 Å². The van der Waals surface area contributed by atoms with Gasteiger partial charge in [-0.3, -0.25) is 4.79 Å². The quantitative estimate of drug-likeness (QED) is 0.847. The second-order valence-corrected chi connectivity index (χ2v) is 7.11. The van der Waals surface area contributed by atoms with Crippen molar-refractivity contribution in [2.24, 2.45) is 5.73 Å². The van der Waals surface area contributed by atoms with E-state index in [1.54, 1.807) is 18.2 Å². The number of nitrogen functional groups attached to an aromatic ring is 1. The van der Waals surface area contributed by atoms with Crippen molar-refractivity contribution in [1.29, 1.82) is 0 Å². The van der Waals surface area contributed by atoms with E-state index in [0.29, 0.717) is 11.3 Å². The number of hydrogen-bond donors (Lipinski definition) is 2. The van der Waals surface area contributed by atoms with Gasteiger partial charge in [0.05, 0.1) is 5.56 Å². The van der Waals surface area contributed by atoms with Crippen LogP contribution in [-0.4, -0.2) is 5.91 Å². The highest BCUT2D eigenvalue weighted by atomic mass is 32.2. The fraction of sp³-hybridized carbons (Fsp3) is 0.235. The van der Waals surface area contributed by atoms with Crippen molar-refractivity contribution in [2.75, 3.05) is 5.73 Å². The molecule has 0 aliphatic carbocycles. The highest BCUT2D eigenvalue weighted by Crippen LogP contribution is 2.33. The van der Waals surface area contributed by atoms with Crippen molar-refractivity contribution in [3.8, 4) is 0 Å². The number of anilines is 1. The molecular weight excluding hydrogens is 280 g/mol. The van der Waals surface area contributed by atoms with E-state index in [0.717, 1.165) is 9.79 Å². The maximum absolute atomic E-state index is 11.5. The van der Waals surface area contributed by atoms with E-state index in [1.165, 1.54) is 17.3 Å². The third-order valence-electron chi connectivity index (χ3n) is 3.22. The second kappa shape index (κ2) is 5.82. The standard InChI is InChI=1S/C17H20N2OS/c1-17(2,3)11-4-7-13(8-5-11)21-15-10-12(18)6-9-14(15)16(19)20/h4-10H,18H2,1-3H3,(H2,19,20). The van der Waals surface area contributed by atoms with Crippen LogP contribution in [0.15, 0.2) is 52.3 Å². The second-order valence-electron chi connectivity index (χ2n) is 6.00. The predicted molar refractivity (Wildman–Crippen MR) is 88.6 cm³/mol. The minimum absolute atomic E-state index is 0.124. The number of nitrogens with two attached hydrogens (primary N) is 2. The zero-order valence-electron chi connectivity index (χ0n) is 12.5. The summed E-state index contributed by atoms with van der Waals surface area (Å²) >= 11 is 1.50. The SMILES string of the molecule is CC(C)(C)c1ccc(Sc2cc(N)ccc2C(N)=O)cc1. The van der Waals surface area contributed by atoms with Gasteiger partial charge in [0.25, 0.3) is 0 Å². The smallest absolute Gasteiger partial charge is 0.249 e. The highest BCUT2D eigenvalue weighted by molar-refractivity contribution is 7.99. The molecule has 0 bridgehead atoms. The molecule has 2 rings (SSSR count). The molecule has 0 aromatic heterocycles. The Balaban J connectivity index is 2.30. The molecule has 0 saturated heterocycles. The number of benzene rings is 2. The first kappa shape index (κ1) is 15.4. The number of primary amides is 1. The first-order valence-electron chi connectivity index (χ1n) is 6.75. The molecule has 0 fully saturated rings. The van der Waals surface area contributed by atoms with E-state index in [9.17, 15) is 4.79 Å². The van der Waals surface area contributed by atoms with Crippen molar-refractivity contribution in [3.05, 3.63) is 53.6 Å². The normalized spacial score (nSPS) is 11.4. The van der Waals surface area contributed by atoms with Gasteiger partial charge in [0, 0.05) is 15.5 Å². The summed E-state index contributed by atoms with van der Waals surface area (Å²) in [5.41, 5.74) is 13.7. The molecule has 0 aliphatic rings. The summed E-state index contributed by atoms with van der Waals surface area (Å²) in [6.45, 7) is 6.54. The van der Waals surface area contributed by atoms with Crippen LogP contribution in [0.2, 0.25) is 0 Å². The molecule has 0 saturated carbocycles. The molecule has 4 N–H and O–H groups in total. The van der Waals surface area contributed by atoms with Crippen LogP contribution in [0.1, 0.15) is 36.7 Å². The Bertz CT molecular complexity index is 657. The minimum Gasteiger partial charge on any atom is -0.399 e. The third-order valence-corrected chi connectivity index (χ3v) is 4.28. The highest BCUT2D eigenvalue weighted by Gasteiger charge is 2.14. The van der Waals surface area contributed by atoms with Crippen LogP contribution in [-0.2, 0) is 5.41 Å². The van der Waals surface area contributed by atoms with Crippen LogP contribution in [0.25, 0.3) is 0 Å². The number of carbonyl (C=O) groups excluding carboxylic acids is 1.